The van der Waals surface area contributed by atoms with Crippen LogP contribution in [0.2, 0.25) is 0 Å². The molecule has 1 unspecified atom stereocenters. The molecule has 26 heavy (non-hydrogen) atoms. The summed E-state index contributed by atoms with van der Waals surface area (Å²) in [4.78, 5) is 11.2. The Morgan fingerprint density at radius 3 is 2.88 bits per heavy atom. The van der Waals surface area contributed by atoms with E-state index in [-0.39, 0.29) is 0 Å². The van der Waals surface area contributed by atoms with Crippen LogP contribution in [0, 0.1) is 0 Å². The van der Waals surface area contributed by atoms with Gasteiger partial charge < -0.3 is 25.4 Å². The van der Waals surface area contributed by atoms with Gasteiger partial charge in [-0.1, -0.05) is 6.92 Å². The lowest BCUT2D eigenvalue weighted by atomic mass is 10.00. The topological polar surface area (TPSA) is 85.5 Å². The predicted octanol–water partition coefficient (Wildman–Crippen LogP) is 3.34. The Morgan fingerprint density at radius 1 is 1.19 bits per heavy atom. The van der Waals surface area contributed by atoms with Crippen LogP contribution in [-0.2, 0) is 0 Å². The molecule has 2 aliphatic rings. The van der Waals surface area contributed by atoms with Gasteiger partial charge in [0.15, 0.2) is 23.1 Å². The monoisotopic (exact) mass is 355 g/mol. The Balaban J connectivity index is 1.59. The van der Waals surface area contributed by atoms with Crippen LogP contribution in [0.1, 0.15) is 32.6 Å². The van der Waals surface area contributed by atoms with Crippen molar-refractivity contribution in [1.29, 1.82) is 0 Å². The number of nitrogens with two attached hydrogens (primary N) is 1. The molecule has 1 aromatic carbocycles. The average Bonchev–Trinajstić information content (AvgIpc) is 2.69. The number of nitrogen functional groups attached to an aromatic ring is 1. The first-order valence-corrected chi connectivity index (χ1v) is 9.30. The first kappa shape index (κ1) is 16.8. The summed E-state index contributed by atoms with van der Waals surface area (Å²) in [5.41, 5.74) is 7.88. The first-order chi connectivity index (χ1) is 12.8. The number of piperidine rings is 1. The van der Waals surface area contributed by atoms with E-state index in [0.717, 1.165) is 36.0 Å². The molecule has 3 N–H and O–H groups in total. The summed E-state index contributed by atoms with van der Waals surface area (Å²) in [7, 11) is 0. The van der Waals surface area contributed by atoms with Gasteiger partial charge in [0, 0.05) is 24.3 Å². The Bertz CT molecular complexity index is 783. The number of aromatic nitrogens is 2. The van der Waals surface area contributed by atoms with Gasteiger partial charge in [-0.15, -0.1) is 0 Å². The highest BCUT2D eigenvalue weighted by atomic mass is 16.6. The van der Waals surface area contributed by atoms with Gasteiger partial charge >= 0.3 is 0 Å². The van der Waals surface area contributed by atoms with Gasteiger partial charge in [-0.25, -0.2) is 9.97 Å². The maximum atomic E-state index is 6.43. The number of hydrogen-bond acceptors (Lipinski definition) is 7. The van der Waals surface area contributed by atoms with Gasteiger partial charge in [0.2, 0.25) is 0 Å². The fourth-order valence-corrected chi connectivity index (χ4v) is 3.68. The van der Waals surface area contributed by atoms with Crippen LogP contribution < -0.4 is 25.4 Å². The molecule has 0 radical (unpaired) electrons. The molecule has 1 saturated heterocycles. The number of nitrogens with one attached hydrogen (secondary N) is 1. The summed E-state index contributed by atoms with van der Waals surface area (Å²) in [6.45, 7) is 4.35. The van der Waals surface area contributed by atoms with E-state index in [1.165, 1.54) is 19.3 Å². The molecule has 138 valence electrons. The third-order valence-corrected chi connectivity index (χ3v) is 5.04. The third-order valence-electron chi connectivity index (χ3n) is 5.04. The normalized spacial score (nSPS) is 19.3. The molecule has 2 aliphatic heterocycles. The second-order valence-electron chi connectivity index (χ2n) is 6.69. The summed E-state index contributed by atoms with van der Waals surface area (Å²) < 4.78 is 11.2. The maximum Gasteiger partial charge on any atom is 0.163 e. The second kappa shape index (κ2) is 7.27. The van der Waals surface area contributed by atoms with Gasteiger partial charge in [-0.3, -0.25) is 0 Å². The van der Waals surface area contributed by atoms with Crippen LogP contribution in [0.4, 0.5) is 23.0 Å². The van der Waals surface area contributed by atoms with E-state index in [2.05, 4.69) is 27.1 Å². The molecule has 7 nitrogen and oxygen atoms in total. The number of benzene rings is 1. The summed E-state index contributed by atoms with van der Waals surface area (Å²) >= 11 is 0. The van der Waals surface area contributed by atoms with Gasteiger partial charge in [-0.2, -0.15) is 0 Å². The smallest absolute Gasteiger partial charge is 0.163 e. The average molecular weight is 355 g/mol. The minimum absolute atomic E-state index is 0.489. The second-order valence-corrected chi connectivity index (χ2v) is 6.69. The van der Waals surface area contributed by atoms with E-state index >= 15 is 0 Å². The molecule has 7 heteroatoms. The summed E-state index contributed by atoms with van der Waals surface area (Å²) in [6.07, 6.45) is 6.29. The largest absolute Gasteiger partial charge is 0.486 e. The van der Waals surface area contributed by atoms with Crippen molar-refractivity contribution in [1.82, 2.24) is 9.97 Å². The zero-order valence-electron chi connectivity index (χ0n) is 15.1. The van der Waals surface area contributed by atoms with Crippen molar-refractivity contribution >= 4 is 23.0 Å². The molecular weight excluding hydrogens is 330 g/mol. The van der Waals surface area contributed by atoms with Gasteiger partial charge in [0.1, 0.15) is 25.2 Å². The minimum Gasteiger partial charge on any atom is -0.486 e. The lowest BCUT2D eigenvalue weighted by Crippen LogP contribution is -2.40. The highest BCUT2D eigenvalue weighted by molar-refractivity contribution is 5.79. The maximum absolute atomic E-state index is 6.43. The minimum atomic E-state index is 0.489. The Kier molecular flexibility index (Phi) is 4.69. The molecule has 3 heterocycles. The zero-order chi connectivity index (χ0) is 17.9. The molecule has 2 aromatic rings. The van der Waals surface area contributed by atoms with E-state index < -0.39 is 0 Å². The Hall–Kier alpha value is -2.70. The fraction of sp³-hybridized carbons (Fsp3) is 0.474. The van der Waals surface area contributed by atoms with Crippen LogP contribution in [-0.4, -0.2) is 35.8 Å². The Labute approximate surface area is 153 Å². The number of hydrogen-bond donors (Lipinski definition) is 2. The van der Waals surface area contributed by atoms with Crippen LogP contribution in [0.15, 0.2) is 24.5 Å². The quantitative estimate of drug-likeness (QED) is 0.870. The van der Waals surface area contributed by atoms with Crippen molar-refractivity contribution in [2.75, 3.05) is 35.7 Å². The van der Waals surface area contributed by atoms with Crippen molar-refractivity contribution in [3.05, 3.63) is 24.5 Å². The van der Waals surface area contributed by atoms with Crippen molar-refractivity contribution in [3.8, 4) is 11.5 Å². The summed E-state index contributed by atoms with van der Waals surface area (Å²) in [5.74, 6) is 2.94. The van der Waals surface area contributed by atoms with E-state index in [1.54, 1.807) is 6.33 Å². The zero-order valence-corrected chi connectivity index (χ0v) is 15.1. The predicted molar refractivity (Wildman–Crippen MR) is 102 cm³/mol. The summed E-state index contributed by atoms with van der Waals surface area (Å²) in [5, 5.41) is 3.30. The molecule has 1 aromatic heterocycles. The van der Waals surface area contributed by atoms with Gasteiger partial charge in [-0.05, 0) is 37.8 Å². The molecule has 0 spiro atoms. The number of anilines is 4. The van der Waals surface area contributed by atoms with Crippen LogP contribution >= 0.6 is 0 Å². The summed E-state index contributed by atoms with van der Waals surface area (Å²) in [6, 6.07) is 6.23. The molecule has 4 rings (SSSR count). The molecule has 1 atom stereocenters. The molecule has 0 amide bonds. The molecule has 0 aliphatic carbocycles. The molecule has 0 saturated carbocycles. The molecular formula is C19H25N5O2. The highest BCUT2D eigenvalue weighted by Gasteiger charge is 2.25. The van der Waals surface area contributed by atoms with E-state index in [1.807, 2.05) is 18.2 Å². The third kappa shape index (κ3) is 3.21. The van der Waals surface area contributed by atoms with Gasteiger partial charge in [0.25, 0.3) is 0 Å². The molecule has 0 bridgehead atoms. The van der Waals surface area contributed by atoms with E-state index in [9.17, 15) is 0 Å². The number of rotatable bonds is 4. The Morgan fingerprint density at radius 2 is 2.04 bits per heavy atom. The van der Waals surface area contributed by atoms with Crippen molar-refractivity contribution in [3.63, 3.8) is 0 Å². The van der Waals surface area contributed by atoms with Crippen molar-refractivity contribution in [2.24, 2.45) is 0 Å². The molecule has 1 fully saturated rings. The SMILES string of the molecule is CCC1CCCCN1c1ncnc(Nc2ccc3c(c2)OCCO3)c1N. The fourth-order valence-electron chi connectivity index (χ4n) is 3.68. The van der Waals surface area contributed by atoms with E-state index in [4.69, 9.17) is 15.2 Å². The number of ether oxygens (including phenoxy) is 2. The first-order valence-electron chi connectivity index (χ1n) is 9.30. The highest BCUT2D eigenvalue weighted by Crippen LogP contribution is 2.36. The number of fused-ring (bicyclic) bond motifs is 1. The van der Waals surface area contributed by atoms with Crippen LogP contribution in [0.3, 0.4) is 0 Å². The van der Waals surface area contributed by atoms with Crippen molar-refractivity contribution < 1.29 is 9.47 Å². The number of nitrogens with zero attached hydrogens (tertiary/aromatic N) is 3. The van der Waals surface area contributed by atoms with Crippen molar-refractivity contribution in [2.45, 2.75) is 38.6 Å². The van der Waals surface area contributed by atoms with Gasteiger partial charge in [0.05, 0.1) is 0 Å². The van der Waals surface area contributed by atoms with Crippen LogP contribution in [0.5, 0.6) is 11.5 Å². The standard InChI is InChI=1S/C19H25N5O2/c1-2-14-5-3-4-8-24(14)19-17(20)18(21-12-22-19)23-13-6-7-15-16(11-13)26-10-9-25-15/h6-7,11-12,14H,2-5,8-10,20H2,1H3,(H,21,22,23). The van der Waals surface area contributed by atoms with Crippen LogP contribution in [0.25, 0.3) is 0 Å². The van der Waals surface area contributed by atoms with E-state index in [0.29, 0.717) is 30.8 Å². The lowest BCUT2D eigenvalue weighted by Gasteiger charge is -2.36. The lowest BCUT2D eigenvalue weighted by molar-refractivity contribution is 0.171.